The lowest BCUT2D eigenvalue weighted by Crippen LogP contribution is -2.52. The number of hydrogen-bond acceptors (Lipinski definition) is 4. The summed E-state index contributed by atoms with van der Waals surface area (Å²) in [7, 11) is 0. The maximum absolute atomic E-state index is 14.3. The highest BCUT2D eigenvalue weighted by Gasteiger charge is 2.23. The minimum absolute atomic E-state index is 0.149. The van der Waals surface area contributed by atoms with Crippen LogP contribution >= 0.6 is 0 Å². The van der Waals surface area contributed by atoms with E-state index in [9.17, 15) is 14.0 Å². The zero-order valence-corrected chi connectivity index (χ0v) is 16.8. The van der Waals surface area contributed by atoms with Crippen molar-refractivity contribution in [1.29, 1.82) is 0 Å². The highest BCUT2D eigenvalue weighted by atomic mass is 19.1. The van der Waals surface area contributed by atoms with Crippen molar-refractivity contribution in [3.05, 3.63) is 59.4 Å². The zero-order valence-electron chi connectivity index (χ0n) is 16.8. The van der Waals surface area contributed by atoms with E-state index in [2.05, 4.69) is 5.32 Å². The first-order valence-electron chi connectivity index (χ1n) is 9.72. The van der Waals surface area contributed by atoms with Gasteiger partial charge >= 0.3 is 6.03 Å². The first kappa shape index (κ1) is 20.6. The molecule has 2 aromatic carbocycles. The first-order valence-corrected chi connectivity index (χ1v) is 9.72. The Morgan fingerprint density at radius 1 is 1.07 bits per heavy atom. The van der Waals surface area contributed by atoms with Crippen LogP contribution < -0.4 is 15.0 Å². The van der Waals surface area contributed by atoms with Gasteiger partial charge in [0.05, 0.1) is 12.2 Å². The predicted molar refractivity (Wildman–Crippen MR) is 110 cm³/mol. The van der Waals surface area contributed by atoms with Crippen molar-refractivity contribution in [1.82, 2.24) is 10.2 Å². The average molecular weight is 399 g/mol. The number of nitrogens with one attached hydrogen (secondary N) is 1. The van der Waals surface area contributed by atoms with E-state index in [4.69, 9.17) is 4.74 Å². The molecule has 0 saturated carbocycles. The Balaban J connectivity index is 1.42. The van der Waals surface area contributed by atoms with Gasteiger partial charge < -0.3 is 19.9 Å². The topological polar surface area (TPSA) is 61.9 Å². The van der Waals surface area contributed by atoms with Crippen LogP contribution in [0.2, 0.25) is 0 Å². The van der Waals surface area contributed by atoms with Gasteiger partial charge in [0.2, 0.25) is 0 Å². The van der Waals surface area contributed by atoms with Crippen LogP contribution in [0.1, 0.15) is 22.8 Å². The van der Waals surface area contributed by atoms with Crippen molar-refractivity contribution in [3.63, 3.8) is 0 Å². The van der Waals surface area contributed by atoms with Crippen LogP contribution in [0.25, 0.3) is 0 Å². The predicted octanol–water partition coefficient (Wildman–Crippen LogP) is 3.25. The molecular formula is C22H26FN3O3. The summed E-state index contributed by atoms with van der Waals surface area (Å²) in [5.41, 5.74) is 1.98. The molecule has 2 aromatic rings. The van der Waals surface area contributed by atoms with Crippen molar-refractivity contribution in [2.45, 2.75) is 13.8 Å². The standard InChI is InChI=1S/C22H26FN3O3/c1-16-3-6-19(7-4-16)29-14-9-24-22(28)26-12-10-25(11-13-26)21-8-5-18(17(2)27)15-20(21)23/h3-8,15H,9-14H2,1-2H3,(H,24,28). The molecule has 0 aromatic heterocycles. The average Bonchev–Trinajstić information content (AvgIpc) is 2.72. The number of ether oxygens (including phenoxy) is 1. The van der Waals surface area contributed by atoms with E-state index in [0.717, 1.165) is 5.75 Å². The molecule has 1 saturated heterocycles. The maximum Gasteiger partial charge on any atom is 0.317 e. The number of nitrogens with zero attached hydrogens (tertiary/aromatic N) is 2. The summed E-state index contributed by atoms with van der Waals surface area (Å²) in [6, 6.07) is 12.1. The van der Waals surface area contributed by atoms with Crippen LogP contribution in [-0.2, 0) is 0 Å². The van der Waals surface area contributed by atoms with Gasteiger partial charge in [-0.25, -0.2) is 9.18 Å². The van der Waals surface area contributed by atoms with Gasteiger partial charge in [0.25, 0.3) is 0 Å². The Labute approximate surface area is 170 Å². The zero-order chi connectivity index (χ0) is 20.8. The van der Waals surface area contributed by atoms with Gasteiger partial charge in [-0.2, -0.15) is 0 Å². The summed E-state index contributed by atoms with van der Waals surface area (Å²) < 4.78 is 19.9. The molecule has 29 heavy (non-hydrogen) atoms. The Kier molecular flexibility index (Phi) is 6.69. The van der Waals surface area contributed by atoms with Gasteiger partial charge in [0.1, 0.15) is 18.2 Å². The lowest BCUT2D eigenvalue weighted by molar-refractivity contribution is 0.101. The van der Waals surface area contributed by atoms with Crippen LogP contribution in [0.5, 0.6) is 5.75 Å². The third-order valence-corrected chi connectivity index (χ3v) is 4.93. The van der Waals surface area contributed by atoms with E-state index in [1.165, 1.54) is 18.6 Å². The van der Waals surface area contributed by atoms with Crippen LogP contribution in [-0.4, -0.2) is 56.0 Å². The fourth-order valence-electron chi connectivity index (χ4n) is 3.21. The van der Waals surface area contributed by atoms with E-state index in [1.807, 2.05) is 36.1 Å². The second kappa shape index (κ2) is 9.41. The molecule has 7 heteroatoms. The molecule has 2 amide bonds. The van der Waals surface area contributed by atoms with Gasteiger partial charge in [-0.05, 0) is 44.2 Å². The molecule has 1 aliphatic rings. The Hall–Kier alpha value is -3.09. The largest absolute Gasteiger partial charge is 0.492 e. The summed E-state index contributed by atoms with van der Waals surface area (Å²) >= 11 is 0. The van der Waals surface area contributed by atoms with Crippen LogP contribution in [0, 0.1) is 12.7 Å². The number of carbonyl (C=O) groups is 2. The highest BCUT2D eigenvalue weighted by Crippen LogP contribution is 2.22. The van der Waals surface area contributed by atoms with Crippen molar-refractivity contribution in [2.24, 2.45) is 0 Å². The van der Waals surface area contributed by atoms with Crippen molar-refractivity contribution in [3.8, 4) is 5.75 Å². The van der Waals surface area contributed by atoms with Gasteiger partial charge in [0, 0.05) is 31.7 Å². The maximum atomic E-state index is 14.3. The molecule has 1 aliphatic heterocycles. The first-order chi connectivity index (χ1) is 13.9. The summed E-state index contributed by atoms with van der Waals surface area (Å²) in [5, 5.41) is 2.85. The van der Waals surface area contributed by atoms with Crippen molar-refractivity contribution < 1.29 is 18.7 Å². The summed E-state index contributed by atoms with van der Waals surface area (Å²) in [5.74, 6) is 0.198. The third kappa shape index (κ3) is 5.47. The number of carbonyl (C=O) groups excluding carboxylic acids is 2. The second-order valence-electron chi connectivity index (χ2n) is 7.09. The molecule has 1 N–H and O–H groups in total. The Bertz CT molecular complexity index is 862. The van der Waals surface area contributed by atoms with Gasteiger partial charge in [-0.1, -0.05) is 17.7 Å². The number of amides is 2. The fourth-order valence-corrected chi connectivity index (χ4v) is 3.21. The molecule has 154 valence electrons. The van der Waals surface area contributed by atoms with E-state index in [1.54, 1.807) is 17.0 Å². The number of aryl methyl sites for hydroxylation is 1. The molecule has 3 rings (SSSR count). The summed E-state index contributed by atoms with van der Waals surface area (Å²) in [6.07, 6.45) is 0. The number of halogens is 1. The van der Waals surface area contributed by atoms with Crippen molar-refractivity contribution >= 4 is 17.5 Å². The molecule has 0 bridgehead atoms. The van der Waals surface area contributed by atoms with Crippen molar-refractivity contribution in [2.75, 3.05) is 44.2 Å². The Morgan fingerprint density at radius 2 is 1.76 bits per heavy atom. The number of anilines is 1. The Morgan fingerprint density at radius 3 is 2.38 bits per heavy atom. The van der Waals surface area contributed by atoms with Gasteiger partial charge in [0.15, 0.2) is 5.78 Å². The number of benzene rings is 2. The molecule has 1 heterocycles. The number of piperazine rings is 1. The molecular weight excluding hydrogens is 373 g/mol. The molecule has 6 nitrogen and oxygen atoms in total. The molecule has 0 radical (unpaired) electrons. The number of rotatable bonds is 6. The number of urea groups is 1. The molecule has 0 atom stereocenters. The quantitative estimate of drug-likeness (QED) is 0.598. The highest BCUT2D eigenvalue weighted by molar-refractivity contribution is 5.94. The van der Waals surface area contributed by atoms with Crippen LogP contribution in [0.3, 0.4) is 0 Å². The van der Waals surface area contributed by atoms with Gasteiger partial charge in [-0.3, -0.25) is 4.79 Å². The molecule has 0 unspecified atom stereocenters. The van der Waals surface area contributed by atoms with E-state index < -0.39 is 5.82 Å². The summed E-state index contributed by atoms with van der Waals surface area (Å²) in [4.78, 5) is 27.3. The second-order valence-corrected chi connectivity index (χ2v) is 7.09. The minimum Gasteiger partial charge on any atom is -0.492 e. The third-order valence-electron chi connectivity index (χ3n) is 4.93. The van der Waals surface area contributed by atoms with E-state index in [-0.39, 0.29) is 11.8 Å². The van der Waals surface area contributed by atoms with E-state index >= 15 is 0 Å². The van der Waals surface area contributed by atoms with Crippen LogP contribution in [0.15, 0.2) is 42.5 Å². The van der Waals surface area contributed by atoms with E-state index in [0.29, 0.717) is 50.6 Å². The molecule has 1 fully saturated rings. The monoisotopic (exact) mass is 399 g/mol. The SMILES string of the molecule is CC(=O)c1ccc(N2CCN(C(=O)NCCOc3ccc(C)cc3)CC2)c(F)c1. The molecule has 0 spiro atoms. The normalized spacial score (nSPS) is 13.9. The minimum atomic E-state index is -0.413. The lowest BCUT2D eigenvalue weighted by Gasteiger charge is -2.36. The molecule has 0 aliphatic carbocycles. The van der Waals surface area contributed by atoms with Crippen LogP contribution in [0.4, 0.5) is 14.9 Å². The smallest absolute Gasteiger partial charge is 0.317 e. The fraction of sp³-hybridized carbons (Fsp3) is 0.364. The number of hydrogen-bond donors (Lipinski definition) is 1. The summed E-state index contributed by atoms with van der Waals surface area (Å²) in [6.45, 7) is 6.29. The number of Topliss-reactive ketones (excluding diaryl/α,β-unsaturated/α-hetero) is 1. The van der Waals surface area contributed by atoms with Gasteiger partial charge in [-0.15, -0.1) is 0 Å². The number of ketones is 1. The lowest BCUT2D eigenvalue weighted by atomic mass is 10.1.